The Labute approximate surface area is 123 Å². The molecular formula is C13H21N5O3. The molecule has 1 aliphatic heterocycles. The third-order valence-corrected chi connectivity index (χ3v) is 3.44. The predicted octanol–water partition coefficient (Wildman–Crippen LogP) is -0.332. The number of hydrogen-bond acceptors (Lipinski definition) is 5. The van der Waals surface area contributed by atoms with Gasteiger partial charge in [-0.1, -0.05) is 6.92 Å². The Morgan fingerprint density at radius 1 is 1.57 bits per heavy atom. The molecule has 1 aromatic rings. The molecule has 1 unspecified atom stereocenters. The van der Waals surface area contributed by atoms with Crippen molar-refractivity contribution in [3.63, 3.8) is 0 Å². The van der Waals surface area contributed by atoms with Crippen LogP contribution >= 0.6 is 0 Å². The van der Waals surface area contributed by atoms with Crippen LogP contribution in [-0.2, 0) is 9.53 Å². The molecule has 1 aromatic heterocycles. The van der Waals surface area contributed by atoms with Crippen molar-refractivity contribution in [1.82, 2.24) is 20.4 Å². The summed E-state index contributed by atoms with van der Waals surface area (Å²) >= 11 is 0. The van der Waals surface area contributed by atoms with Gasteiger partial charge >= 0.3 is 0 Å². The van der Waals surface area contributed by atoms with Gasteiger partial charge in [-0.25, -0.2) is 0 Å². The molecular weight excluding hydrogens is 274 g/mol. The highest BCUT2D eigenvalue weighted by Gasteiger charge is 2.35. The Hall–Kier alpha value is -2.09. The van der Waals surface area contributed by atoms with Gasteiger partial charge in [0, 0.05) is 13.1 Å². The van der Waals surface area contributed by atoms with Crippen LogP contribution in [0.25, 0.3) is 0 Å². The Balaban J connectivity index is 2.16. The third kappa shape index (κ3) is 3.15. The summed E-state index contributed by atoms with van der Waals surface area (Å²) in [6, 6.07) is -0.644. The van der Waals surface area contributed by atoms with E-state index >= 15 is 0 Å². The first-order valence-corrected chi connectivity index (χ1v) is 7.03. The SMILES string of the molecule is CCCNC(=O)C1COCCN1C(=O)c1n[nH]c(C)c1N. The highest BCUT2D eigenvalue weighted by molar-refractivity contribution is 6.00. The normalized spacial score (nSPS) is 18.6. The quantitative estimate of drug-likeness (QED) is 0.703. The van der Waals surface area contributed by atoms with E-state index in [0.717, 1.165) is 6.42 Å². The number of carbonyl (C=O) groups excluding carboxylic acids is 2. The number of amides is 2. The van der Waals surface area contributed by atoms with E-state index in [1.807, 2.05) is 6.92 Å². The molecule has 0 aliphatic carbocycles. The van der Waals surface area contributed by atoms with Crippen molar-refractivity contribution in [2.75, 3.05) is 32.0 Å². The molecule has 0 spiro atoms. The maximum atomic E-state index is 12.6. The smallest absolute Gasteiger partial charge is 0.277 e. The average Bonchev–Trinajstić information content (AvgIpc) is 2.84. The van der Waals surface area contributed by atoms with Gasteiger partial charge in [0.25, 0.3) is 5.91 Å². The van der Waals surface area contributed by atoms with Crippen molar-refractivity contribution < 1.29 is 14.3 Å². The average molecular weight is 295 g/mol. The summed E-state index contributed by atoms with van der Waals surface area (Å²) < 4.78 is 5.32. The van der Waals surface area contributed by atoms with E-state index in [1.54, 1.807) is 6.92 Å². The predicted molar refractivity (Wildman–Crippen MR) is 76.7 cm³/mol. The van der Waals surface area contributed by atoms with Crippen LogP contribution in [0.5, 0.6) is 0 Å². The minimum Gasteiger partial charge on any atom is -0.395 e. The second-order valence-corrected chi connectivity index (χ2v) is 4.99. The number of hydrogen-bond donors (Lipinski definition) is 3. The van der Waals surface area contributed by atoms with Gasteiger partial charge in [-0.2, -0.15) is 5.10 Å². The zero-order valence-corrected chi connectivity index (χ0v) is 12.3. The summed E-state index contributed by atoms with van der Waals surface area (Å²) in [5.74, 6) is -0.562. The van der Waals surface area contributed by atoms with Crippen LogP contribution in [0.2, 0.25) is 0 Å². The fraction of sp³-hybridized carbons (Fsp3) is 0.615. The Morgan fingerprint density at radius 2 is 2.33 bits per heavy atom. The van der Waals surface area contributed by atoms with E-state index < -0.39 is 6.04 Å². The lowest BCUT2D eigenvalue weighted by Gasteiger charge is -2.34. The van der Waals surface area contributed by atoms with Crippen LogP contribution in [0.4, 0.5) is 5.69 Å². The van der Waals surface area contributed by atoms with Gasteiger partial charge < -0.3 is 20.7 Å². The number of nitrogens with two attached hydrogens (primary N) is 1. The molecule has 2 heterocycles. The zero-order valence-electron chi connectivity index (χ0n) is 12.3. The number of carbonyl (C=O) groups is 2. The second kappa shape index (κ2) is 6.57. The molecule has 0 saturated carbocycles. The Bertz CT molecular complexity index is 528. The second-order valence-electron chi connectivity index (χ2n) is 4.99. The number of aromatic amines is 1. The van der Waals surface area contributed by atoms with Gasteiger partial charge in [-0.15, -0.1) is 0 Å². The van der Waals surface area contributed by atoms with E-state index in [1.165, 1.54) is 4.90 Å². The summed E-state index contributed by atoms with van der Waals surface area (Å²) in [5, 5.41) is 9.40. The van der Waals surface area contributed by atoms with Gasteiger partial charge in [0.05, 0.1) is 24.6 Å². The minimum absolute atomic E-state index is 0.155. The number of nitrogens with zero attached hydrogens (tertiary/aromatic N) is 2. The van der Waals surface area contributed by atoms with Crippen LogP contribution in [-0.4, -0.2) is 59.3 Å². The number of ether oxygens (including phenoxy) is 1. The molecule has 8 nitrogen and oxygen atoms in total. The molecule has 2 amide bonds. The van der Waals surface area contributed by atoms with Crippen molar-refractivity contribution in [2.24, 2.45) is 0 Å². The lowest BCUT2D eigenvalue weighted by Crippen LogP contribution is -2.56. The highest BCUT2D eigenvalue weighted by Crippen LogP contribution is 2.18. The number of nitrogen functional groups attached to an aromatic ring is 1. The number of rotatable bonds is 4. The van der Waals surface area contributed by atoms with Gasteiger partial charge in [0.15, 0.2) is 5.69 Å². The van der Waals surface area contributed by atoms with Gasteiger partial charge in [-0.3, -0.25) is 14.7 Å². The number of morpholine rings is 1. The van der Waals surface area contributed by atoms with Crippen LogP contribution in [0.1, 0.15) is 29.5 Å². The molecule has 21 heavy (non-hydrogen) atoms. The van der Waals surface area contributed by atoms with Crippen LogP contribution in [0.15, 0.2) is 0 Å². The van der Waals surface area contributed by atoms with E-state index in [2.05, 4.69) is 15.5 Å². The molecule has 116 valence electrons. The lowest BCUT2D eigenvalue weighted by molar-refractivity contribution is -0.130. The van der Waals surface area contributed by atoms with Crippen molar-refractivity contribution in [3.05, 3.63) is 11.4 Å². The van der Waals surface area contributed by atoms with E-state index in [9.17, 15) is 9.59 Å². The van der Waals surface area contributed by atoms with Crippen molar-refractivity contribution in [2.45, 2.75) is 26.3 Å². The molecule has 4 N–H and O–H groups in total. The summed E-state index contributed by atoms with van der Waals surface area (Å²) in [5.41, 5.74) is 6.95. The molecule has 8 heteroatoms. The first-order valence-electron chi connectivity index (χ1n) is 7.03. The lowest BCUT2D eigenvalue weighted by atomic mass is 10.1. The van der Waals surface area contributed by atoms with E-state index in [4.69, 9.17) is 10.5 Å². The highest BCUT2D eigenvalue weighted by atomic mass is 16.5. The third-order valence-electron chi connectivity index (χ3n) is 3.44. The Kier molecular flexibility index (Phi) is 4.79. The Morgan fingerprint density at radius 3 is 2.95 bits per heavy atom. The number of H-pyrrole nitrogens is 1. The molecule has 0 aromatic carbocycles. The fourth-order valence-electron chi connectivity index (χ4n) is 2.17. The first kappa shape index (κ1) is 15.3. The summed E-state index contributed by atoms with van der Waals surface area (Å²) in [6.07, 6.45) is 0.832. The molecule has 1 atom stereocenters. The molecule has 1 aliphatic rings. The standard InChI is InChI=1S/C13H21N5O3/c1-3-4-15-12(19)9-7-21-6-5-18(9)13(20)11-10(14)8(2)16-17-11/h9H,3-7,14H2,1-2H3,(H,15,19)(H,16,17). The van der Waals surface area contributed by atoms with Crippen LogP contribution in [0, 0.1) is 6.92 Å². The minimum atomic E-state index is -0.644. The molecule has 1 fully saturated rings. The maximum Gasteiger partial charge on any atom is 0.277 e. The monoisotopic (exact) mass is 295 g/mol. The summed E-state index contributed by atoms with van der Waals surface area (Å²) in [4.78, 5) is 26.2. The van der Waals surface area contributed by atoms with Crippen molar-refractivity contribution in [1.29, 1.82) is 0 Å². The topological polar surface area (TPSA) is 113 Å². The van der Waals surface area contributed by atoms with E-state index in [-0.39, 0.29) is 24.1 Å². The fourth-order valence-corrected chi connectivity index (χ4v) is 2.17. The van der Waals surface area contributed by atoms with Crippen LogP contribution < -0.4 is 11.1 Å². The summed E-state index contributed by atoms with van der Waals surface area (Å²) in [6.45, 7) is 5.20. The first-order chi connectivity index (χ1) is 10.1. The number of nitrogens with one attached hydrogen (secondary N) is 2. The van der Waals surface area contributed by atoms with Gasteiger partial charge in [0.1, 0.15) is 6.04 Å². The number of aromatic nitrogens is 2. The largest absolute Gasteiger partial charge is 0.395 e. The molecule has 2 rings (SSSR count). The molecule has 1 saturated heterocycles. The van der Waals surface area contributed by atoms with Crippen LogP contribution in [0.3, 0.4) is 0 Å². The number of anilines is 1. The maximum absolute atomic E-state index is 12.6. The number of aryl methyl sites for hydroxylation is 1. The van der Waals surface area contributed by atoms with Gasteiger partial charge in [-0.05, 0) is 13.3 Å². The zero-order chi connectivity index (χ0) is 15.4. The van der Waals surface area contributed by atoms with Crippen molar-refractivity contribution in [3.8, 4) is 0 Å². The van der Waals surface area contributed by atoms with Crippen molar-refractivity contribution >= 4 is 17.5 Å². The van der Waals surface area contributed by atoms with Gasteiger partial charge in [0.2, 0.25) is 5.91 Å². The molecule has 0 radical (unpaired) electrons. The summed E-state index contributed by atoms with van der Waals surface area (Å²) in [7, 11) is 0. The molecule has 0 bridgehead atoms. The van der Waals surface area contributed by atoms with E-state index in [0.29, 0.717) is 31.1 Å².